The van der Waals surface area contributed by atoms with Gasteiger partial charge in [0.25, 0.3) is 0 Å². The summed E-state index contributed by atoms with van der Waals surface area (Å²) in [5.74, 6) is 0.142. The molecule has 1 aromatic heterocycles. The van der Waals surface area contributed by atoms with Crippen LogP contribution in [0.5, 0.6) is 0 Å². The average molecular weight is 304 g/mol. The summed E-state index contributed by atoms with van der Waals surface area (Å²) in [4.78, 5) is 15.7. The number of hydrogen-bond acceptors (Lipinski definition) is 2. The Kier molecular flexibility index (Phi) is 4.48. The smallest absolute Gasteiger partial charge is 0.227 e. The summed E-state index contributed by atoms with van der Waals surface area (Å²) in [5, 5.41) is 2.95. The van der Waals surface area contributed by atoms with Gasteiger partial charge in [-0.05, 0) is 36.6 Å². The average Bonchev–Trinajstić information content (AvgIpc) is 2.97. The molecule has 1 aromatic carbocycles. The minimum atomic E-state index is 0. The standard InChI is InChI=1S/C16H17N3O.ClH/c1-11-9-15(12(2)18-16(11)20)13-3-5-14(6-4-13)19-8-7-17-10-19;/h3-8,10-11H,9H2,1-2H3,(H,18,20);1H. The Morgan fingerprint density at radius 3 is 2.62 bits per heavy atom. The van der Waals surface area contributed by atoms with E-state index < -0.39 is 0 Å². The summed E-state index contributed by atoms with van der Waals surface area (Å²) in [6, 6.07) is 8.33. The van der Waals surface area contributed by atoms with Crippen LogP contribution in [0.25, 0.3) is 11.3 Å². The predicted molar refractivity (Wildman–Crippen MR) is 85.3 cm³/mol. The Balaban J connectivity index is 0.00000161. The number of amides is 1. The molecule has 4 nitrogen and oxygen atoms in total. The van der Waals surface area contributed by atoms with E-state index in [0.717, 1.165) is 17.8 Å². The Hall–Kier alpha value is -2.07. The third-order valence-corrected chi connectivity index (χ3v) is 3.74. The Morgan fingerprint density at radius 1 is 1.29 bits per heavy atom. The number of allylic oxidation sites excluding steroid dienone is 2. The fourth-order valence-electron chi connectivity index (χ4n) is 2.52. The second-order valence-corrected chi connectivity index (χ2v) is 5.21. The molecule has 1 N–H and O–H groups in total. The third kappa shape index (κ3) is 3.00. The van der Waals surface area contributed by atoms with Gasteiger partial charge < -0.3 is 9.88 Å². The van der Waals surface area contributed by atoms with Crippen molar-refractivity contribution < 1.29 is 4.79 Å². The minimum Gasteiger partial charge on any atom is -0.330 e. The van der Waals surface area contributed by atoms with Crippen LogP contribution in [-0.2, 0) is 4.79 Å². The molecule has 2 aromatic rings. The van der Waals surface area contributed by atoms with Crippen LogP contribution >= 0.6 is 12.4 Å². The number of benzene rings is 1. The van der Waals surface area contributed by atoms with Crippen molar-refractivity contribution in [2.24, 2.45) is 5.92 Å². The molecule has 1 amide bonds. The highest BCUT2D eigenvalue weighted by Crippen LogP contribution is 2.29. The van der Waals surface area contributed by atoms with Crippen LogP contribution in [0.2, 0.25) is 0 Å². The van der Waals surface area contributed by atoms with Gasteiger partial charge in [0.15, 0.2) is 0 Å². The molecule has 0 saturated heterocycles. The number of nitrogens with one attached hydrogen (secondary N) is 1. The number of carbonyl (C=O) groups is 1. The van der Waals surface area contributed by atoms with Crippen LogP contribution in [0.15, 0.2) is 48.7 Å². The molecule has 110 valence electrons. The van der Waals surface area contributed by atoms with Gasteiger partial charge in [-0.1, -0.05) is 19.1 Å². The van der Waals surface area contributed by atoms with Crippen LogP contribution in [0.3, 0.4) is 0 Å². The number of carbonyl (C=O) groups excluding carboxylic acids is 1. The molecule has 0 saturated carbocycles. The lowest BCUT2D eigenvalue weighted by Crippen LogP contribution is -2.32. The molecule has 3 rings (SSSR count). The SMILES string of the molecule is CC1=C(c2ccc(-n3ccnc3)cc2)CC(C)C(=O)N1.Cl. The van der Waals surface area contributed by atoms with Crippen molar-refractivity contribution in [3.8, 4) is 5.69 Å². The molecule has 0 radical (unpaired) electrons. The van der Waals surface area contributed by atoms with Crippen molar-refractivity contribution in [2.75, 3.05) is 0 Å². The van der Waals surface area contributed by atoms with Gasteiger partial charge in [-0.25, -0.2) is 4.98 Å². The van der Waals surface area contributed by atoms with Gasteiger partial charge in [-0.2, -0.15) is 0 Å². The monoisotopic (exact) mass is 303 g/mol. The molecule has 1 unspecified atom stereocenters. The van der Waals surface area contributed by atoms with E-state index in [0.29, 0.717) is 0 Å². The second-order valence-electron chi connectivity index (χ2n) is 5.21. The first kappa shape index (κ1) is 15.3. The maximum Gasteiger partial charge on any atom is 0.227 e. The summed E-state index contributed by atoms with van der Waals surface area (Å²) in [6.07, 6.45) is 6.26. The van der Waals surface area contributed by atoms with Crippen LogP contribution in [0.1, 0.15) is 25.8 Å². The fraction of sp³-hybridized carbons (Fsp3) is 0.250. The van der Waals surface area contributed by atoms with Crippen molar-refractivity contribution >= 4 is 23.9 Å². The van der Waals surface area contributed by atoms with Crippen LogP contribution in [0, 0.1) is 5.92 Å². The highest BCUT2D eigenvalue weighted by atomic mass is 35.5. The van der Waals surface area contributed by atoms with Gasteiger partial charge in [0, 0.05) is 29.7 Å². The molecule has 0 bridgehead atoms. The largest absolute Gasteiger partial charge is 0.330 e. The second kappa shape index (κ2) is 6.14. The Bertz CT molecular complexity index is 659. The zero-order valence-electron chi connectivity index (χ0n) is 12.0. The number of rotatable bonds is 2. The van der Waals surface area contributed by atoms with Gasteiger partial charge >= 0.3 is 0 Å². The minimum absolute atomic E-state index is 0. The van der Waals surface area contributed by atoms with Gasteiger partial charge in [0.1, 0.15) is 0 Å². The van der Waals surface area contributed by atoms with Gasteiger partial charge in [-0.3, -0.25) is 4.79 Å². The summed E-state index contributed by atoms with van der Waals surface area (Å²) in [7, 11) is 0. The molecule has 2 heterocycles. The van der Waals surface area contributed by atoms with E-state index in [1.54, 1.807) is 12.5 Å². The Morgan fingerprint density at radius 2 is 2.00 bits per heavy atom. The van der Waals surface area contributed by atoms with Gasteiger partial charge in [0.05, 0.1) is 6.33 Å². The number of hydrogen-bond donors (Lipinski definition) is 1. The maximum absolute atomic E-state index is 11.6. The van der Waals surface area contributed by atoms with E-state index in [-0.39, 0.29) is 24.2 Å². The van der Waals surface area contributed by atoms with Crippen LogP contribution in [0.4, 0.5) is 0 Å². The van der Waals surface area contributed by atoms with E-state index in [1.807, 2.05) is 24.6 Å². The summed E-state index contributed by atoms with van der Waals surface area (Å²) < 4.78 is 1.97. The van der Waals surface area contributed by atoms with Crippen molar-refractivity contribution in [1.29, 1.82) is 0 Å². The van der Waals surface area contributed by atoms with E-state index in [2.05, 4.69) is 34.6 Å². The number of nitrogens with zero attached hydrogens (tertiary/aromatic N) is 2. The van der Waals surface area contributed by atoms with Crippen molar-refractivity contribution in [1.82, 2.24) is 14.9 Å². The maximum atomic E-state index is 11.6. The highest BCUT2D eigenvalue weighted by molar-refractivity contribution is 5.88. The van der Waals surface area contributed by atoms with Crippen molar-refractivity contribution in [3.05, 3.63) is 54.2 Å². The van der Waals surface area contributed by atoms with E-state index in [4.69, 9.17) is 0 Å². The molecule has 21 heavy (non-hydrogen) atoms. The van der Waals surface area contributed by atoms with E-state index in [9.17, 15) is 4.79 Å². The number of imidazole rings is 1. The number of aromatic nitrogens is 2. The van der Waals surface area contributed by atoms with Gasteiger partial charge in [-0.15, -0.1) is 12.4 Å². The van der Waals surface area contributed by atoms with Crippen molar-refractivity contribution in [3.63, 3.8) is 0 Å². The predicted octanol–water partition coefficient (Wildman–Crippen LogP) is 3.18. The molecule has 0 aliphatic carbocycles. The van der Waals surface area contributed by atoms with Gasteiger partial charge in [0.2, 0.25) is 5.91 Å². The van der Waals surface area contributed by atoms with Crippen LogP contribution in [-0.4, -0.2) is 15.5 Å². The molecular weight excluding hydrogens is 286 g/mol. The molecule has 0 fully saturated rings. The zero-order valence-corrected chi connectivity index (χ0v) is 12.9. The fourth-order valence-corrected chi connectivity index (χ4v) is 2.52. The molecule has 0 spiro atoms. The summed E-state index contributed by atoms with van der Waals surface area (Å²) >= 11 is 0. The molecule has 1 atom stereocenters. The topological polar surface area (TPSA) is 46.9 Å². The molecule has 5 heteroatoms. The summed E-state index contributed by atoms with van der Waals surface area (Å²) in [5.41, 5.74) is 4.42. The first-order valence-electron chi connectivity index (χ1n) is 6.74. The molecular formula is C16H18ClN3O. The lowest BCUT2D eigenvalue weighted by atomic mass is 9.90. The molecule has 1 aliphatic heterocycles. The summed E-state index contributed by atoms with van der Waals surface area (Å²) in [6.45, 7) is 3.92. The van der Waals surface area contributed by atoms with E-state index >= 15 is 0 Å². The lowest BCUT2D eigenvalue weighted by Gasteiger charge is -2.23. The molecule has 1 aliphatic rings. The first-order valence-corrected chi connectivity index (χ1v) is 6.74. The van der Waals surface area contributed by atoms with Crippen molar-refractivity contribution in [2.45, 2.75) is 20.3 Å². The first-order chi connectivity index (χ1) is 9.65. The lowest BCUT2D eigenvalue weighted by molar-refractivity contribution is -0.123. The third-order valence-electron chi connectivity index (χ3n) is 3.74. The van der Waals surface area contributed by atoms with Crippen LogP contribution < -0.4 is 5.32 Å². The van der Waals surface area contributed by atoms with E-state index in [1.165, 1.54) is 11.1 Å². The normalized spacial score (nSPS) is 18.2. The Labute approximate surface area is 130 Å². The quantitative estimate of drug-likeness (QED) is 0.926. The highest BCUT2D eigenvalue weighted by Gasteiger charge is 2.23. The number of halogens is 1. The zero-order chi connectivity index (χ0) is 14.1.